The van der Waals surface area contributed by atoms with Crippen LogP contribution in [-0.4, -0.2) is 0 Å². The summed E-state index contributed by atoms with van der Waals surface area (Å²) in [5, 5.41) is 0. The van der Waals surface area contributed by atoms with E-state index >= 15 is 0 Å². The Bertz CT molecular complexity index is 576. The van der Waals surface area contributed by atoms with Gasteiger partial charge >= 0.3 is 0 Å². The van der Waals surface area contributed by atoms with Crippen molar-refractivity contribution in [1.29, 1.82) is 0 Å². The van der Waals surface area contributed by atoms with Crippen LogP contribution >= 0.6 is 22.6 Å². The summed E-state index contributed by atoms with van der Waals surface area (Å²) in [5.74, 6) is 0. The van der Waals surface area contributed by atoms with Crippen molar-refractivity contribution in [3.8, 4) is 0 Å². The molecule has 0 radical (unpaired) electrons. The molecule has 0 unspecified atom stereocenters. The molecular weight excluding hydrogens is 323 g/mol. The Morgan fingerprint density at radius 2 is 1.71 bits per heavy atom. The predicted molar refractivity (Wildman–Crippen MR) is 82.6 cm³/mol. The van der Waals surface area contributed by atoms with Crippen molar-refractivity contribution in [3.63, 3.8) is 0 Å². The van der Waals surface area contributed by atoms with Crippen LogP contribution < -0.4 is 11.5 Å². The molecule has 4 N–H and O–H groups in total. The second-order valence-corrected chi connectivity index (χ2v) is 4.96. The molecule has 2 aromatic rings. The van der Waals surface area contributed by atoms with E-state index in [0.717, 1.165) is 16.7 Å². The molecular formula is C14H13IN2. The number of anilines is 2. The van der Waals surface area contributed by atoms with Gasteiger partial charge in [0, 0.05) is 3.57 Å². The largest absolute Gasteiger partial charge is 0.397 e. The van der Waals surface area contributed by atoms with E-state index in [2.05, 4.69) is 41.3 Å². The van der Waals surface area contributed by atoms with E-state index in [-0.39, 0.29) is 0 Å². The molecule has 0 heterocycles. The minimum atomic E-state index is 0.592. The fraction of sp³-hybridized carbons (Fsp3) is 0. The van der Waals surface area contributed by atoms with Crippen LogP contribution in [0.25, 0.3) is 5.57 Å². The lowest BCUT2D eigenvalue weighted by atomic mass is 9.99. The molecule has 0 aromatic heterocycles. The second kappa shape index (κ2) is 4.79. The smallest absolute Gasteiger partial charge is 0.0554 e. The van der Waals surface area contributed by atoms with Gasteiger partial charge in [0.25, 0.3) is 0 Å². The standard InChI is InChI=1S/C14H13IN2/c1-9(11-4-2-3-5-12(11)15)10-6-7-13(16)14(17)8-10/h2-8H,1,16-17H2. The highest BCUT2D eigenvalue weighted by molar-refractivity contribution is 14.1. The summed E-state index contributed by atoms with van der Waals surface area (Å²) in [6.45, 7) is 4.13. The normalized spacial score (nSPS) is 10.2. The summed E-state index contributed by atoms with van der Waals surface area (Å²) in [6.07, 6.45) is 0. The van der Waals surface area contributed by atoms with E-state index in [1.807, 2.05) is 30.3 Å². The second-order valence-electron chi connectivity index (χ2n) is 3.80. The zero-order valence-electron chi connectivity index (χ0n) is 9.28. The van der Waals surface area contributed by atoms with Gasteiger partial charge in [-0.3, -0.25) is 0 Å². The molecule has 0 spiro atoms. The first kappa shape index (κ1) is 12.0. The van der Waals surface area contributed by atoms with Gasteiger partial charge in [0.2, 0.25) is 0 Å². The third-order valence-corrected chi connectivity index (χ3v) is 3.57. The average Bonchev–Trinajstić information content (AvgIpc) is 2.32. The monoisotopic (exact) mass is 336 g/mol. The van der Waals surface area contributed by atoms with E-state index in [4.69, 9.17) is 11.5 Å². The van der Waals surface area contributed by atoms with Crippen LogP contribution in [0.2, 0.25) is 0 Å². The highest BCUT2D eigenvalue weighted by Crippen LogP contribution is 2.28. The van der Waals surface area contributed by atoms with Gasteiger partial charge in [-0.15, -0.1) is 0 Å². The summed E-state index contributed by atoms with van der Waals surface area (Å²) in [5.41, 5.74) is 15.8. The molecule has 0 aliphatic rings. The predicted octanol–water partition coefficient (Wildman–Crippen LogP) is 3.52. The van der Waals surface area contributed by atoms with Gasteiger partial charge in [-0.25, -0.2) is 0 Å². The summed E-state index contributed by atoms with van der Waals surface area (Å²) in [6, 6.07) is 13.7. The molecule has 0 amide bonds. The molecule has 3 heteroatoms. The van der Waals surface area contributed by atoms with Gasteiger partial charge in [0.15, 0.2) is 0 Å². The van der Waals surface area contributed by atoms with Crippen LogP contribution in [0.5, 0.6) is 0 Å². The van der Waals surface area contributed by atoms with Crippen LogP contribution in [-0.2, 0) is 0 Å². The minimum absolute atomic E-state index is 0.592. The third kappa shape index (κ3) is 2.44. The van der Waals surface area contributed by atoms with Crippen LogP contribution in [0.3, 0.4) is 0 Å². The number of halogens is 1. The van der Waals surface area contributed by atoms with Crippen molar-refractivity contribution in [2.45, 2.75) is 0 Å². The van der Waals surface area contributed by atoms with Crippen molar-refractivity contribution in [2.24, 2.45) is 0 Å². The van der Waals surface area contributed by atoms with E-state index in [1.54, 1.807) is 0 Å². The zero-order chi connectivity index (χ0) is 12.4. The Morgan fingerprint density at radius 1 is 1.00 bits per heavy atom. The Hall–Kier alpha value is -1.49. The lowest BCUT2D eigenvalue weighted by Crippen LogP contribution is -1.96. The minimum Gasteiger partial charge on any atom is -0.397 e. The number of nitrogen functional groups attached to an aromatic ring is 2. The quantitative estimate of drug-likeness (QED) is 0.651. The van der Waals surface area contributed by atoms with E-state index in [0.29, 0.717) is 11.4 Å². The van der Waals surface area contributed by atoms with Crippen molar-refractivity contribution in [2.75, 3.05) is 11.5 Å². The molecule has 86 valence electrons. The molecule has 0 saturated carbocycles. The van der Waals surface area contributed by atoms with E-state index in [9.17, 15) is 0 Å². The molecule has 2 aromatic carbocycles. The summed E-state index contributed by atoms with van der Waals surface area (Å²) in [4.78, 5) is 0. The maximum absolute atomic E-state index is 5.81. The SMILES string of the molecule is C=C(c1ccc(N)c(N)c1)c1ccccc1I. The number of benzene rings is 2. The van der Waals surface area contributed by atoms with Gasteiger partial charge in [0.05, 0.1) is 11.4 Å². The Kier molecular flexibility index (Phi) is 3.38. The number of hydrogen-bond acceptors (Lipinski definition) is 2. The first-order chi connectivity index (χ1) is 8.09. The fourth-order valence-corrected chi connectivity index (χ4v) is 2.34. The summed E-state index contributed by atoms with van der Waals surface area (Å²) >= 11 is 2.30. The van der Waals surface area contributed by atoms with Gasteiger partial charge < -0.3 is 11.5 Å². The molecule has 2 rings (SSSR count). The van der Waals surface area contributed by atoms with E-state index < -0.39 is 0 Å². The van der Waals surface area contributed by atoms with Crippen LogP contribution in [0.1, 0.15) is 11.1 Å². The van der Waals surface area contributed by atoms with Crippen molar-refractivity contribution in [1.82, 2.24) is 0 Å². The Morgan fingerprint density at radius 3 is 2.35 bits per heavy atom. The van der Waals surface area contributed by atoms with Crippen molar-refractivity contribution < 1.29 is 0 Å². The molecule has 0 bridgehead atoms. The average molecular weight is 336 g/mol. The fourth-order valence-electron chi connectivity index (χ4n) is 1.62. The molecule has 0 aliphatic heterocycles. The Labute approximate surface area is 114 Å². The lowest BCUT2D eigenvalue weighted by molar-refractivity contribution is 1.52. The van der Waals surface area contributed by atoms with Gasteiger partial charge in [-0.05, 0) is 57.5 Å². The molecule has 17 heavy (non-hydrogen) atoms. The highest BCUT2D eigenvalue weighted by atomic mass is 127. The highest BCUT2D eigenvalue weighted by Gasteiger charge is 2.06. The van der Waals surface area contributed by atoms with E-state index in [1.165, 1.54) is 3.57 Å². The molecule has 0 aliphatic carbocycles. The molecule has 2 nitrogen and oxygen atoms in total. The maximum Gasteiger partial charge on any atom is 0.0554 e. The number of hydrogen-bond donors (Lipinski definition) is 2. The zero-order valence-corrected chi connectivity index (χ0v) is 11.4. The molecule has 0 atom stereocenters. The lowest BCUT2D eigenvalue weighted by Gasteiger charge is -2.10. The van der Waals surface area contributed by atoms with Crippen molar-refractivity contribution in [3.05, 3.63) is 63.7 Å². The first-order valence-electron chi connectivity index (χ1n) is 5.19. The Balaban J connectivity index is 2.44. The maximum atomic E-state index is 5.81. The molecule has 0 saturated heterocycles. The number of rotatable bonds is 2. The molecule has 0 fully saturated rings. The first-order valence-corrected chi connectivity index (χ1v) is 6.26. The van der Waals surface area contributed by atoms with Crippen LogP contribution in [0.4, 0.5) is 11.4 Å². The van der Waals surface area contributed by atoms with Gasteiger partial charge in [0.1, 0.15) is 0 Å². The summed E-state index contributed by atoms with van der Waals surface area (Å²) in [7, 11) is 0. The third-order valence-electron chi connectivity index (χ3n) is 2.63. The number of nitrogens with two attached hydrogens (primary N) is 2. The van der Waals surface area contributed by atoms with Gasteiger partial charge in [-0.2, -0.15) is 0 Å². The van der Waals surface area contributed by atoms with Crippen molar-refractivity contribution >= 4 is 39.5 Å². The van der Waals surface area contributed by atoms with Gasteiger partial charge in [-0.1, -0.05) is 30.8 Å². The topological polar surface area (TPSA) is 52.0 Å². The summed E-state index contributed by atoms with van der Waals surface area (Å²) < 4.78 is 1.17. The van der Waals surface area contributed by atoms with Crippen LogP contribution in [0, 0.1) is 3.57 Å². The van der Waals surface area contributed by atoms with Crippen LogP contribution in [0.15, 0.2) is 49.0 Å².